The van der Waals surface area contributed by atoms with Crippen molar-refractivity contribution < 1.29 is 14.2 Å². The van der Waals surface area contributed by atoms with Gasteiger partial charge in [-0.05, 0) is 25.1 Å². The number of ether oxygens (including phenoxy) is 1. The SMILES string of the molecule is CCCCB(CCCC)O/C(=C\Cl)N1C(=O)O[C@@H](c2ccccc2)[C@H]1C. The Morgan fingerprint density at radius 1 is 1.23 bits per heavy atom. The largest absolute Gasteiger partial charge is 0.548 e. The van der Waals surface area contributed by atoms with Crippen LogP contribution in [0.15, 0.2) is 41.8 Å². The summed E-state index contributed by atoms with van der Waals surface area (Å²) in [4.78, 5) is 14.0. The predicted octanol–water partition coefficient (Wildman–Crippen LogP) is 6.21. The molecule has 1 saturated heterocycles. The summed E-state index contributed by atoms with van der Waals surface area (Å²) < 4.78 is 11.8. The molecule has 4 nitrogen and oxygen atoms in total. The molecule has 1 heterocycles. The van der Waals surface area contributed by atoms with Gasteiger partial charge in [-0.3, -0.25) is 0 Å². The minimum Gasteiger partial charge on any atom is -0.548 e. The second kappa shape index (κ2) is 10.5. The Bertz CT molecular complexity index is 588. The number of carbonyl (C=O) groups is 1. The Labute approximate surface area is 162 Å². The first kappa shape index (κ1) is 20.7. The maximum absolute atomic E-state index is 12.5. The third kappa shape index (κ3) is 5.20. The molecule has 1 aliphatic rings. The lowest BCUT2D eigenvalue weighted by molar-refractivity contribution is 0.129. The molecule has 0 aromatic heterocycles. The van der Waals surface area contributed by atoms with Gasteiger partial charge in [0.05, 0.1) is 11.6 Å². The molecule has 0 aliphatic carbocycles. The topological polar surface area (TPSA) is 38.8 Å². The fourth-order valence-corrected chi connectivity index (χ4v) is 3.43. The van der Waals surface area contributed by atoms with Crippen LogP contribution in [-0.2, 0) is 9.39 Å². The first-order valence-corrected chi connectivity index (χ1v) is 10.1. The van der Waals surface area contributed by atoms with Crippen LogP contribution in [0.25, 0.3) is 0 Å². The predicted molar refractivity (Wildman–Crippen MR) is 107 cm³/mol. The second-order valence-corrected chi connectivity index (χ2v) is 7.02. The summed E-state index contributed by atoms with van der Waals surface area (Å²) >= 11 is 6.05. The van der Waals surface area contributed by atoms with Crippen molar-refractivity contribution in [2.75, 3.05) is 0 Å². The van der Waals surface area contributed by atoms with Crippen molar-refractivity contribution in [3.8, 4) is 0 Å². The minimum atomic E-state index is -0.414. The number of halogens is 1. The van der Waals surface area contributed by atoms with Crippen molar-refractivity contribution in [3.05, 3.63) is 47.3 Å². The Morgan fingerprint density at radius 3 is 2.38 bits per heavy atom. The van der Waals surface area contributed by atoms with Gasteiger partial charge in [0.1, 0.15) is 6.10 Å². The van der Waals surface area contributed by atoms with Gasteiger partial charge in [-0.1, -0.05) is 81.5 Å². The maximum atomic E-state index is 12.5. The molecule has 1 fully saturated rings. The molecule has 0 radical (unpaired) electrons. The van der Waals surface area contributed by atoms with E-state index in [9.17, 15) is 4.79 Å². The van der Waals surface area contributed by atoms with Crippen LogP contribution in [0.5, 0.6) is 0 Å². The first-order chi connectivity index (χ1) is 12.6. The third-order valence-electron chi connectivity index (χ3n) is 4.78. The highest BCUT2D eigenvalue weighted by Gasteiger charge is 2.42. The van der Waals surface area contributed by atoms with Crippen LogP contribution in [0.1, 0.15) is 58.1 Å². The molecule has 0 N–H and O–H groups in total. The molecule has 0 spiro atoms. The molecule has 1 aliphatic heterocycles. The van der Waals surface area contributed by atoms with Crippen LogP contribution in [-0.4, -0.2) is 24.0 Å². The van der Waals surface area contributed by atoms with Crippen molar-refractivity contribution in [1.29, 1.82) is 0 Å². The standard InChI is InChI=1S/C20H29BClNO3/c1-4-6-13-21(14-7-5-2)26-18(15-22)23-16(3)19(25-20(23)24)17-11-9-8-10-12-17/h8-12,15-16,19H,4-7,13-14H2,1-3H3/b18-15-/t16-,19-/m1/s1. The lowest BCUT2D eigenvalue weighted by Crippen LogP contribution is -2.35. The van der Waals surface area contributed by atoms with Gasteiger partial charge in [0, 0.05) is 0 Å². The molecule has 2 rings (SSSR count). The summed E-state index contributed by atoms with van der Waals surface area (Å²) in [6.45, 7) is 6.36. The number of carbonyl (C=O) groups excluding carboxylic acids is 1. The van der Waals surface area contributed by atoms with Crippen LogP contribution in [0.3, 0.4) is 0 Å². The quantitative estimate of drug-likeness (QED) is 0.359. The van der Waals surface area contributed by atoms with Gasteiger partial charge in [-0.2, -0.15) is 0 Å². The summed E-state index contributed by atoms with van der Waals surface area (Å²) in [5, 5.41) is 0. The number of rotatable bonds is 10. The zero-order valence-corrected chi connectivity index (χ0v) is 16.7. The first-order valence-electron chi connectivity index (χ1n) is 9.64. The van der Waals surface area contributed by atoms with E-state index in [1.807, 2.05) is 37.3 Å². The van der Waals surface area contributed by atoms with Gasteiger partial charge < -0.3 is 9.39 Å². The number of benzene rings is 1. The summed E-state index contributed by atoms with van der Waals surface area (Å²) in [5.74, 6) is 0.389. The van der Waals surface area contributed by atoms with Crippen LogP contribution < -0.4 is 0 Å². The Hall–Kier alpha value is -1.62. The zero-order valence-electron chi connectivity index (χ0n) is 16.0. The molecule has 0 unspecified atom stereocenters. The van der Waals surface area contributed by atoms with E-state index in [4.69, 9.17) is 21.0 Å². The fraction of sp³-hybridized carbons (Fsp3) is 0.550. The average molecular weight is 378 g/mol. The molecule has 0 saturated carbocycles. The smallest absolute Gasteiger partial charge is 0.417 e. The number of amides is 1. The van der Waals surface area contributed by atoms with Gasteiger partial charge in [-0.15, -0.1) is 0 Å². The molecule has 1 amide bonds. The number of nitrogens with zero attached hydrogens (tertiary/aromatic N) is 1. The molecular weight excluding hydrogens is 348 g/mol. The zero-order chi connectivity index (χ0) is 18.9. The highest BCUT2D eigenvalue weighted by Crippen LogP contribution is 2.35. The monoisotopic (exact) mass is 377 g/mol. The van der Waals surface area contributed by atoms with E-state index < -0.39 is 6.09 Å². The van der Waals surface area contributed by atoms with Gasteiger partial charge >= 0.3 is 13.0 Å². The van der Waals surface area contributed by atoms with Crippen molar-refractivity contribution in [2.45, 2.75) is 71.2 Å². The van der Waals surface area contributed by atoms with Gasteiger partial charge in [0.15, 0.2) is 5.88 Å². The minimum absolute atomic E-state index is 0.0654. The highest BCUT2D eigenvalue weighted by molar-refractivity contribution is 6.52. The number of hydrogen-bond donors (Lipinski definition) is 0. The third-order valence-corrected chi connectivity index (χ3v) is 4.96. The molecule has 6 heteroatoms. The van der Waals surface area contributed by atoms with Crippen molar-refractivity contribution >= 4 is 24.6 Å². The van der Waals surface area contributed by atoms with E-state index in [0.717, 1.165) is 43.9 Å². The summed E-state index contributed by atoms with van der Waals surface area (Å²) in [7, 11) is 0. The van der Waals surface area contributed by atoms with Gasteiger partial charge in [0.2, 0.25) is 0 Å². The van der Waals surface area contributed by atoms with E-state index in [2.05, 4.69) is 13.8 Å². The Morgan fingerprint density at radius 2 is 1.85 bits per heavy atom. The number of unbranched alkanes of at least 4 members (excludes halogenated alkanes) is 2. The van der Waals surface area contributed by atoms with Crippen LogP contribution in [0, 0.1) is 0 Å². The van der Waals surface area contributed by atoms with Crippen molar-refractivity contribution in [3.63, 3.8) is 0 Å². The Balaban J connectivity index is 2.11. The molecule has 0 bridgehead atoms. The van der Waals surface area contributed by atoms with Crippen molar-refractivity contribution in [2.24, 2.45) is 0 Å². The molecule has 1 aromatic rings. The maximum Gasteiger partial charge on any atom is 0.417 e. The normalized spacial score (nSPS) is 20.2. The lowest BCUT2D eigenvalue weighted by atomic mass is 9.59. The summed E-state index contributed by atoms with van der Waals surface area (Å²) in [5.41, 5.74) is 2.33. The summed E-state index contributed by atoms with van der Waals surface area (Å²) in [6, 6.07) is 9.58. The number of cyclic esters (lactones) is 1. The molecule has 26 heavy (non-hydrogen) atoms. The van der Waals surface area contributed by atoms with E-state index in [1.54, 1.807) is 0 Å². The van der Waals surface area contributed by atoms with E-state index >= 15 is 0 Å². The van der Waals surface area contributed by atoms with Crippen LogP contribution >= 0.6 is 11.6 Å². The lowest BCUT2D eigenvalue weighted by Gasteiger charge is -2.26. The Kier molecular flexibility index (Phi) is 8.37. The van der Waals surface area contributed by atoms with Crippen molar-refractivity contribution in [1.82, 2.24) is 4.90 Å². The van der Waals surface area contributed by atoms with Gasteiger partial charge in [0.25, 0.3) is 0 Å². The highest BCUT2D eigenvalue weighted by atomic mass is 35.5. The number of hydrogen-bond acceptors (Lipinski definition) is 3. The summed E-state index contributed by atoms with van der Waals surface area (Å²) in [6.07, 6.45) is 5.60. The van der Waals surface area contributed by atoms with Crippen LogP contribution in [0.4, 0.5) is 4.79 Å². The van der Waals surface area contributed by atoms with E-state index in [1.165, 1.54) is 10.4 Å². The van der Waals surface area contributed by atoms with Gasteiger partial charge in [-0.25, -0.2) is 9.69 Å². The molecule has 1 aromatic carbocycles. The average Bonchev–Trinajstić information content (AvgIpc) is 2.96. The van der Waals surface area contributed by atoms with Crippen LogP contribution in [0.2, 0.25) is 12.6 Å². The fourth-order valence-electron chi connectivity index (χ4n) is 3.28. The molecule has 142 valence electrons. The second-order valence-electron chi connectivity index (χ2n) is 6.80. The van der Waals surface area contributed by atoms with E-state index in [-0.39, 0.29) is 19.1 Å². The van der Waals surface area contributed by atoms with E-state index in [0.29, 0.717) is 5.88 Å². The molecule has 2 atom stereocenters. The molecular formula is C20H29BClNO3.